The lowest BCUT2D eigenvalue weighted by atomic mass is 9.76. The van der Waals surface area contributed by atoms with Gasteiger partial charge in [0.25, 0.3) is 0 Å². The molecule has 2 atom stereocenters. The van der Waals surface area contributed by atoms with Gasteiger partial charge in [0.2, 0.25) is 0 Å². The maximum atomic E-state index is 11.6. The molecule has 0 radical (unpaired) electrons. The Labute approximate surface area is 124 Å². The number of rotatable bonds is 2. The molecule has 0 spiro atoms. The van der Waals surface area contributed by atoms with Crippen molar-refractivity contribution in [1.82, 2.24) is 10.6 Å². The molecule has 0 saturated carbocycles. The number of ether oxygens (including phenoxy) is 1. The summed E-state index contributed by atoms with van der Waals surface area (Å²) in [5.41, 5.74) is -0.0620. The second-order valence-electron chi connectivity index (χ2n) is 7.96. The van der Waals surface area contributed by atoms with Gasteiger partial charge in [-0.3, -0.25) is 0 Å². The minimum absolute atomic E-state index is 0.323. The monoisotopic (exact) mass is 284 g/mol. The van der Waals surface area contributed by atoms with E-state index in [2.05, 4.69) is 31.4 Å². The van der Waals surface area contributed by atoms with Crippen LogP contribution in [0.1, 0.15) is 60.8 Å². The van der Waals surface area contributed by atoms with E-state index in [1.807, 2.05) is 20.8 Å². The highest BCUT2D eigenvalue weighted by Gasteiger charge is 2.27. The first kappa shape index (κ1) is 17.3. The third-order valence-electron chi connectivity index (χ3n) is 3.91. The predicted octanol–water partition coefficient (Wildman–Crippen LogP) is 3.32. The molecule has 1 heterocycles. The van der Waals surface area contributed by atoms with Crippen LogP contribution < -0.4 is 10.6 Å². The molecule has 118 valence electrons. The van der Waals surface area contributed by atoms with Crippen molar-refractivity contribution in [3.63, 3.8) is 0 Å². The summed E-state index contributed by atoms with van der Waals surface area (Å²) in [5.74, 6) is 0.751. The first-order valence-corrected chi connectivity index (χ1v) is 7.78. The van der Waals surface area contributed by atoms with Gasteiger partial charge in [-0.15, -0.1) is 0 Å². The van der Waals surface area contributed by atoms with Gasteiger partial charge in [-0.25, -0.2) is 4.79 Å². The largest absolute Gasteiger partial charge is 0.444 e. The first-order chi connectivity index (χ1) is 9.08. The van der Waals surface area contributed by atoms with E-state index in [1.165, 1.54) is 12.8 Å². The maximum Gasteiger partial charge on any atom is 0.407 e. The molecule has 2 N–H and O–H groups in total. The summed E-state index contributed by atoms with van der Waals surface area (Å²) in [6, 6.07) is 0.356. The minimum atomic E-state index is -0.432. The summed E-state index contributed by atoms with van der Waals surface area (Å²) in [6.07, 6.45) is 3.22. The molecule has 0 aliphatic carbocycles. The molecule has 4 heteroatoms. The number of carbonyl (C=O) groups excluding carboxylic acids is 1. The Morgan fingerprint density at radius 2 is 1.80 bits per heavy atom. The molecule has 20 heavy (non-hydrogen) atoms. The highest BCUT2D eigenvalue weighted by Crippen LogP contribution is 2.33. The van der Waals surface area contributed by atoms with Crippen LogP contribution in [-0.4, -0.2) is 30.8 Å². The Hall–Kier alpha value is -0.770. The lowest BCUT2D eigenvalue weighted by Crippen LogP contribution is -2.42. The summed E-state index contributed by atoms with van der Waals surface area (Å²) < 4.78 is 5.26. The molecule has 1 saturated heterocycles. The zero-order chi connectivity index (χ0) is 15.4. The molecular formula is C16H32N2O2. The Balaban J connectivity index is 2.34. The van der Waals surface area contributed by atoms with Gasteiger partial charge in [-0.2, -0.15) is 0 Å². The van der Waals surface area contributed by atoms with E-state index in [0.29, 0.717) is 18.0 Å². The van der Waals surface area contributed by atoms with Crippen molar-refractivity contribution in [1.29, 1.82) is 0 Å². The summed E-state index contributed by atoms with van der Waals surface area (Å²) in [7, 11) is 0. The third-order valence-corrected chi connectivity index (χ3v) is 3.91. The smallest absolute Gasteiger partial charge is 0.407 e. The lowest BCUT2D eigenvalue weighted by Gasteiger charge is -2.29. The summed E-state index contributed by atoms with van der Waals surface area (Å²) in [5, 5.41) is 6.40. The van der Waals surface area contributed by atoms with E-state index in [9.17, 15) is 4.79 Å². The average molecular weight is 284 g/mol. The van der Waals surface area contributed by atoms with Gasteiger partial charge >= 0.3 is 6.09 Å². The standard InChI is InChI=1S/C16H32N2O2/c1-15(2,3)12-7-8-13(17-10-9-12)11-18-14(19)20-16(4,5)6/h12-13,17H,7-11H2,1-6H3,(H,18,19). The van der Waals surface area contributed by atoms with Gasteiger partial charge in [-0.1, -0.05) is 20.8 Å². The Kier molecular flexibility index (Phi) is 5.87. The summed E-state index contributed by atoms with van der Waals surface area (Å²) in [6.45, 7) is 14.3. The quantitative estimate of drug-likeness (QED) is 0.818. The van der Waals surface area contributed by atoms with Gasteiger partial charge in [-0.05, 0) is 57.9 Å². The molecule has 1 amide bonds. The molecule has 2 unspecified atom stereocenters. The zero-order valence-corrected chi connectivity index (χ0v) is 14.0. The Bertz CT molecular complexity index is 315. The van der Waals surface area contributed by atoms with Crippen LogP contribution in [0.3, 0.4) is 0 Å². The molecule has 1 fully saturated rings. The predicted molar refractivity (Wildman–Crippen MR) is 82.8 cm³/mol. The number of hydrogen-bond donors (Lipinski definition) is 2. The zero-order valence-electron chi connectivity index (χ0n) is 14.0. The van der Waals surface area contributed by atoms with Gasteiger partial charge in [0, 0.05) is 12.6 Å². The van der Waals surface area contributed by atoms with E-state index < -0.39 is 5.60 Å². The van der Waals surface area contributed by atoms with Crippen molar-refractivity contribution in [2.24, 2.45) is 11.3 Å². The number of amides is 1. The van der Waals surface area contributed by atoms with Crippen LogP contribution in [0.15, 0.2) is 0 Å². The number of alkyl carbamates (subject to hydrolysis) is 1. The van der Waals surface area contributed by atoms with E-state index >= 15 is 0 Å². The fourth-order valence-electron chi connectivity index (χ4n) is 2.67. The van der Waals surface area contributed by atoms with E-state index in [0.717, 1.165) is 18.9 Å². The second-order valence-corrected chi connectivity index (χ2v) is 7.96. The second kappa shape index (κ2) is 6.79. The van der Waals surface area contributed by atoms with Gasteiger partial charge in [0.05, 0.1) is 0 Å². The van der Waals surface area contributed by atoms with Gasteiger partial charge in [0.1, 0.15) is 5.60 Å². The fourth-order valence-corrected chi connectivity index (χ4v) is 2.67. The van der Waals surface area contributed by atoms with Crippen molar-refractivity contribution in [3.05, 3.63) is 0 Å². The fraction of sp³-hybridized carbons (Fsp3) is 0.938. The topological polar surface area (TPSA) is 50.4 Å². The maximum absolute atomic E-state index is 11.6. The number of carbonyl (C=O) groups is 1. The SMILES string of the molecule is CC(C)(C)OC(=O)NCC1CCC(C(C)(C)C)CCN1. The van der Waals surface area contributed by atoms with Crippen LogP contribution in [0, 0.1) is 11.3 Å². The van der Waals surface area contributed by atoms with Crippen LogP contribution in [0.25, 0.3) is 0 Å². The third kappa shape index (κ3) is 6.60. The van der Waals surface area contributed by atoms with Crippen molar-refractivity contribution in [2.75, 3.05) is 13.1 Å². The summed E-state index contributed by atoms with van der Waals surface area (Å²) in [4.78, 5) is 11.6. The van der Waals surface area contributed by atoms with Gasteiger partial charge in [0.15, 0.2) is 0 Å². The lowest BCUT2D eigenvalue weighted by molar-refractivity contribution is 0.0522. The molecule has 1 aliphatic rings. The van der Waals surface area contributed by atoms with E-state index in [4.69, 9.17) is 4.74 Å². The Morgan fingerprint density at radius 3 is 2.35 bits per heavy atom. The Morgan fingerprint density at radius 1 is 1.15 bits per heavy atom. The van der Waals surface area contributed by atoms with Crippen LogP contribution in [0.2, 0.25) is 0 Å². The molecule has 1 rings (SSSR count). The van der Waals surface area contributed by atoms with Crippen LogP contribution >= 0.6 is 0 Å². The molecule has 1 aliphatic heterocycles. The highest BCUT2D eigenvalue weighted by atomic mass is 16.6. The molecule has 0 aromatic carbocycles. The van der Waals surface area contributed by atoms with Crippen molar-refractivity contribution in [2.45, 2.75) is 72.4 Å². The van der Waals surface area contributed by atoms with Gasteiger partial charge < -0.3 is 15.4 Å². The minimum Gasteiger partial charge on any atom is -0.444 e. The average Bonchev–Trinajstić information content (AvgIpc) is 2.48. The number of hydrogen-bond acceptors (Lipinski definition) is 3. The molecular weight excluding hydrogens is 252 g/mol. The van der Waals surface area contributed by atoms with E-state index in [1.54, 1.807) is 0 Å². The van der Waals surface area contributed by atoms with Crippen LogP contribution in [-0.2, 0) is 4.74 Å². The van der Waals surface area contributed by atoms with Crippen LogP contribution in [0.4, 0.5) is 4.79 Å². The van der Waals surface area contributed by atoms with Crippen molar-refractivity contribution >= 4 is 6.09 Å². The normalized spacial score (nSPS) is 24.9. The van der Waals surface area contributed by atoms with Crippen molar-refractivity contribution in [3.8, 4) is 0 Å². The van der Waals surface area contributed by atoms with Crippen molar-refractivity contribution < 1.29 is 9.53 Å². The molecule has 4 nitrogen and oxygen atoms in total. The first-order valence-electron chi connectivity index (χ1n) is 7.78. The summed E-state index contributed by atoms with van der Waals surface area (Å²) >= 11 is 0. The number of nitrogens with one attached hydrogen (secondary N) is 2. The van der Waals surface area contributed by atoms with E-state index in [-0.39, 0.29) is 6.09 Å². The van der Waals surface area contributed by atoms with Crippen LogP contribution in [0.5, 0.6) is 0 Å². The molecule has 0 aromatic rings. The molecule has 0 bridgehead atoms. The highest BCUT2D eigenvalue weighted by molar-refractivity contribution is 5.67. The molecule has 0 aromatic heterocycles.